The van der Waals surface area contributed by atoms with Gasteiger partial charge in [-0.3, -0.25) is 4.79 Å². The number of amides is 1. The highest BCUT2D eigenvalue weighted by Gasteiger charge is 2.23. The van der Waals surface area contributed by atoms with Crippen molar-refractivity contribution in [2.24, 2.45) is 0 Å². The first-order chi connectivity index (χ1) is 17.1. The molecule has 0 atom stereocenters. The minimum Gasteiger partial charge on any atom is -0.507 e. The molecule has 188 valence electrons. The first-order valence-corrected chi connectivity index (χ1v) is 12.1. The molecule has 1 aliphatic heterocycles. The van der Waals surface area contributed by atoms with E-state index in [1.165, 1.54) is 6.07 Å². The summed E-state index contributed by atoms with van der Waals surface area (Å²) in [6.45, 7) is 8.91. The van der Waals surface area contributed by atoms with E-state index < -0.39 is 17.5 Å². The molecule has 3 aromatic carbocycles. The summed E-state index contributed by atoms with van der Waals surface area (Å²) < 4.78 is 5.58. The number of carbonyl (C=O) groups is 2. The normalized spacial score (nSPS) is 14.4. The predicted molar refractivity (Wildman–Crippen MR) is 143 cm³/mol. The van der Waals surface area contributed by atoms with Crippen molar-refractivity contribution >= 4 is 23.3 Å². The minimum atomic E-state index is -0.689. The van der Waals surface area contributed by atoms with Gasteiger partial charge in [-0.25, -0.2) is 4.79 Å². The number of esters is 1. The Morgan fingerprint density at radius 2 is 1.56 bits per heavy atom. The number of nitrogens with one attached hydrogen (secondary N) is 1. The summed E-state index contributed by atoms with van der Waals surface area (Å²) in [5, 5.41) is 13.4. The number of nitrogens with zero attached hydrogens (tertiary/aromatic N) is 2. The van der Waals surface area contributed by atoms with E-state index in [0.717, 1.165) is 43.0 Å². The molecule has 1 amide bonds. The van der Waals surface area contributed by atoms with Crippen LogP contribution in [0.5, 0.6) is 5.75 Å². The maximum atomic E-state index is 13.4. The zero-order chi connectivity index (χ0) is 25.9. The molecule has 1 saturated heterocycles. The lowest BCUT2D eigenvalue weighted by Gasteiger charge is -2.34. The maximum absolute atomic E-state index is 13.4. The molecule has 0 spiro atoms. The Morgan fingerprint density at radius 3 is 2.22 bits per heavy atom. The van der Waals surface area contributed by atoms with Crippen molar-refractivity contribution in [3.05, 3.63) is 77.9 Å². The second kappa shape index (κ2) is 10.4. The van der Waals surface area contributed by atoms with E-state index >= 15 is 0 Å². The number of phenolic OH excluding ortho intramolecular Hbond substituents is 1. The van der Waals surface area contributed by atoms with Crippen LogP contribution < -0.4 is 10.2 Å². The van der Waals surface area contributed by atoms with Gasteiger partial charge in [0, 0.05) is 31.9 Å². The molecule has 7 heteroatoms. The van der Waals surface area contributed by atoms with Crippen molar-refractivity contribution in [1.82, 2.24) is 4.90 Å². The molecule has 3 aromatic rings. The summed E-state index contributed by atoms with van der Waals surface area (Å²) in [6.07, 6.45) is 0. The fourth-order valence-corrected chi connectivity index (χ4v) is 4.13. The molecule has 0 aliphatic carbocycles. The number of rotatable bonds is 5. The second-order valence-corrected chi connectivity index (χ2v) is 10.1. The quantitative estimate of drug-likeness (QED) is 0.492. The molecule has 2 N–H and O–H groups in total. The summed E-state index contributed by atoms with van der Waals surface area (Å²) in [7, 11) is 2.08. The lowest BCUT2D eigenvalue weighted by atomic mass is 10.0. The van der Waals surface area contributed by atoms with Gasteiger partial charge in [-0.1, -0.05) is 36.4 Å². The molecular formula is C29H33N3O4. The fraction of sp³-hybridized carbons (Fsp3) is 0.310. The van der Waals surface area contributed by atoms with Crippen molar-refractivity contribution in [3.8, 4) is 16.9 Å². The van der Waals surface area contributed by atoms with E-state index in [1.807, 2.05) is 42.5 Å². The van der Waals surface area contributed by atoms with E-state index in [9.17, 15) is 14.7 Å². The molecule has 36 heavy (non-hydrogen) atoms. The molecule has 1 fully saturated rings. The number of carbonyl (C=O) groups excluding carboxylic acids is 2. The van der Waals surface area contributed by atoms with E-state index in [2.05, 4.69) is 22.2 Å². The Balaban J connectivity index is 1.66. The number of ether oxygens (including phenoxy) is 1. The van der Waals surface area contributed by atoms with Crippen molar-refractivity contribution in [1.29, 1.82) is 0 Å². The van der Waals surface area contributed by atoms with Gasteiger partial charge in [-0.05, 0) is 69.3 Å². The lowest BCUT2D eigenvalue weighted by molar-refractivity contribution is 0.00708. The maximum Gasteiger partial charge on any atom is 0.340 e. The van der Waals surface area contributed by atoms with Crippen molar-refractivity contribution in [2.45, 2.75) is 26.4 Å². The zero-order valence-corrected chi connectivity index (χ0v) is 21.2. The van der Waals surface area contributed by atoms with Crippen molar-refractivity contribution in [3.63, 3.8) is 0 Å². The van der Waals surface area contributed by atoms with Crippen LogP contribution in [0.4, 0.5) is 11.4 Å². The van der Waals surface area contributed by atoms with Crippen LogP contribution in [0.25, 0.3) is 11.1 Å². The fourth-order valence-electron chi connectivity index (χ4n) is 4.13. The highest BCUT2D eigenvalue weighted by Crippen LogP contribution is 2.30. The second-order valence-electron chi connectivity index (χ2n) is 10.1. The Bertz CT molecular complexity index is 1240. The molecular weight excluding hydrogens is 454 g/mol. The summed E-state index contributed by atoms with van der Waals surface area (Å²) in [5.41, 5.74) is 2.68. The van der Waals surface area contributed by atoms with Crippen LogP contribution in [0.2, 0.25) is 0 Å². The first kappa shape index (κ1) is 25.3. The third-order valence-electron chi connectivity index (χ3n) is 6.09. The largest absolute Gasteiger partial charge is 0.507 e. The van der Waals surface area contributed by atoms with Crippen LogP contribution in [0.15, 0.2) is 66.7 Å². The molecule has 0 aromatic heterocycles. The Kier molecular flexibility index (Phi) is 7.31. The Morgan fingerprint density at radius 1 is 0.861 bits per heavy atom. The van der Waals surface area contributed by atoms with Gasteiger partial charge >= 0.3 is 5.97 Å². The van der Waals surface area contributed by atoms with Crippen molar-refractivity contribution < 1.29 is 19.4 Å². The van der Waals surface area contributed by atoms with E-state index in [4.69, 9.17) is 4.74 Å². The van der Waals surface area contributed by atoms with E-state index in [-0.39, 0.29) is 16.9 Å². The number of likely N-dealkylation sites (N-methyl/N-ethyl adjacent to an activating group) is 1. The van der Waals surface area contributed by atoms with Gasteiger partial charge < -0.3 is 25.0 Å². The summed E-state index contributed by atoms with van der Waals surface area (Å²) >= 11 is 0. The van der Waals surface area contributed by atoms with Gasteiger partial charge in [0.2, 0.25) is 0 Å². The van der Waals surface area contributed by atoms with Crippen LogP contribution in [0, 0.1) is 0 Å². The summed E-state index contributed by atoms with van der Waals surface area (Å²) in [4.78, 5) is 30.8. The van der Waals surface area contributed by atoms with Crippen LogP contribution in [-0.4, -0.2) is 60.7 Å². The third-order valence-corrected chi connectivity index (χ3v) is 6.09. The SMILES string of the molecule is CN1CCN(c2ccc(O)c(C(=O)Nc3cc(-c4ccccc4)ccc3C(=O)OC(C)(C)C)c2)CC1. The van der Waals surface area contributed by atoms with E-state index in [0.29, 0.717) is 5.69 Å². The third kappa shape index (κ3) is 6.04. The Hall–Kier alpha value is -3.84. The van der Waals surface area contributed by atoms with Crippen LogP contribution in [0.1, 0.15) is 41.5 Å². The highest BCUT2D eigenvalue weighted by atomic mass is 16.6. The summed E-state index contributed by atoms with van der Waals surface area (Å²) in [5.74, 6) is -1.16. The summed E-state index contributed by atoms with van der Waals surface area (Å²) in [6, 6.07) is 20.0. The number of hydrogen-bond acceptors (Lipinski definition) is 6. The Labute approximate surface area is 212 Å². The number of phenols is 1. The predicted octanol–water partition coefficient (Wildman–Crippen LogP) is 5.02. The topological polar surface area (TPSA) is 82.1 Å². The van der Waals surface area contributed by atoms with Gasteiger partial charge in [0.15, 0.2) is 0 Å². The van der Waals surface area contributed by atoms with Crippen LogP contribution in [0.3, 0.4) is 0 Å². The van der Waals surface area contributed by atoms with Gasteiger partial charge in [-0.15, -0.1) is 0 Å². The number of benzene rings is 3. The van der Waals surface area contributed by atoms with Gasteiger partial charge in [0.05, 0.1) is 16.8 Å². The number of piperazine rings is 1. The monoisotopic (exact) mass is 487 g/mol. The van der Waals surface area contributed by atoms with Crippen LogP contribution in [-0.2, 0) is 4.74 Å². The van der Waals surface area contributed by atoms with Gasteiger partial charge in [-0.2, -0.15) is 0 Å². The number of aromatic hydroxyl groups is 1. The molecule has 0 saturated carbocycles. The van der Waals surface area contributed by atoms with Gasteiger partial charge in [0.1, 0.15) is 11.4 Å². The molecule has 4 rings (SSSR count). The average Bonchev–Trinajstić information content (AvgIpc) is 2.84. The zero-order valence-electron chi connectivity index (χ0n) is 21.2. The lowest BCUT2D eigenvalue weighted by Crippen LogP contribution is -2.44. The van der Waals surface area contributed by atoms with Crippen LogP contribution >= 0.6 is 0 Å². The molecule has 7 nitrogen and oxygen atoms in total. The highest BCUT2D eigenvalue weighted by molar-refractivity contribution is 6.10. The van der Waals surface area contributed by atoms with Crippen molar-refractivity contribution in [2.75, 3.05) is 43.4 Å². The number of anilines is 2. The molecule has 0 bridgehead atoms. The smallest absolute Gasteiger partial charge is 0.340 e. The average molecular weight is 488 g/mol. The molecule has 0 radical (unpaired) electrons. The molecule has 1 aliphatic rings. The minimum absolute atomic E-state index is 0.122. The van der Waals surface area contributed by atoms with Gasteiger partial charge in [0.25, 0.3) is 5.91 Å². The van der Waals surface area contributed by atoms with E-state index in [1.54, 1.807) is 39.0 Å². The standard InChI is InChI=1S/C29H33N3O4/c1-29(2,3)36-28(35)23-12-10-21(20-8-6-5-7-9-20)18-25(23)30-27(34)24-19-22(11-13-26(24)33)32-16-14-31(4)15-17-32/h5-13,18-19,33H,14-17H2,1-4H3,(H,30,34). The molecule has 1 heterocycles. The number of hydrogen-bond donors (Lipinski definition) is 2. The first-order valence-electron chi connectivity index (χ1n) is 12.1. The molecule has 0 unspecified atom stereocenters.